The highest BCUT2D eigenvalue weighted by molar-refractivity contribution is 5.94. The molecule has 3 N–H and O–H groups in total. The van der Waals surface area contributed by atoms with Crippen molar-refractivity contribution >= 4 is 5.91 Å². The fraction of sp³-hybridized carbons (Fsp3) is 0.533. The highest BCUT2D eigenvalue weighted by atomic mass is 16.5. The number of hydrogen-bond acceptors (Lipinski definition) is 5. The van der Waals surface area contributed by atoms with Gasteiger partial charge < -0.3 is 9.47 Å². The number of ether oxygens (including phenoxy) is 2. The lowest BCUT2D eigenvalue weighted by Crippen LogP contribution is -2.44. The molecule has 1 aromatic rings. The topological polar surface area (TPSA) is 76.8 Å². The number of hydrazine groups is 1. The molecule has 6 nitrogen and oxygen atoms in total. The number of nitrogens with one attached hydrogen (secondary N) is 1. The zero-order valence-corrected chi connectivity index (χ0v) is 12.0. The number of rotatable bonds is 5. The van der Waals surface area contributed by atoms with Crippen molar-refractivity contribution in [2.45, 2.75) is 25.0 Å². The van der Waals surface area contributed by atoms with Crippen LogP contribution in [0.2, 0.25) is 0 Å². The summed E-state index contributed by atoms with van der Waals surface area (Å²) in [5.41, 5.74) is 2.62. The molecule has 0 aromatic heterocycles. The van der Waals surface area contributed by atoms with E-state index in [0.29, 0.717) is 30.1 Å². The van der Waals surface area contributed by atoms with Gasteiger partial charge in [-0.3, -0.25) is 15.1 Å². The van der Waals surface area contributed by atoms with E-state index in [1.807, 2.05) is 6.07 Å². The van der Waals surface area contributed by atoms with E-state index in [9.17, 15) is 4.79 Å². The maximum atomic E-state index is 11.5. The van der Waals surface area contributed by atoms with Gasteiger partial charge in [-0.25, -0.2) is 5.84 Å². The van der Waals surface area contributed by atoms with Gasteiger partial charge in [-0.2, -0.15) is 0 Å². The summed E-state index contributed by atoms with van der Waals surface area (Å²) < 4.78 is 11.5. The summed E-state index contributed by atoms with van der Waals surface area (Å²) in [4.78, 5) is 13.8. The minimum atomic E-state index is -0.315. The quantitative estimate of drug-likeness (QED) is 0.470. The number of carbonyl (C=O) groups is 1. The van der Waals surface area contributed by atoms with Gasteiger partial charge in [0.05, 0.1) is 12.2 Å². The fourth-order valence-electron chi connectivity index (χ4n) is 2.98. The molecule has 0 saturated carbocycles. The Hall–Kier alpha value is -1.63. The van der Waals surface area contributed by atoms with Crippen LogP contribution in [0.5, 0.6) is 5.75 Å². The number of morpholine rings is 1. The second-order valence-electron chi connectivity index (χ2n) is 5.57. The van der Waals surface area contributed by atoms with Gasteiger partial charge in [0.15, 0.2) is 0 Å². The third kappa shape index (κ3) is 3.53. The van der Waals surface area contributed by atoms with Crippen molar-refractivity contribution in [2.24, 2.45) is 5.84 Å². The van der Waals surface area contributed by atoms with E-state index in [1.54, 1.807) is 18.2 Å². The van der Waals surface area contributed by atoms with Crippen LogP contribution in [0.3, 0.4) is 0 Å². The first-order valence-electron chi connectivity index (χ1n) is 7.36. The molecule has 2 saturated heterocycles. The number of hydrogen-bond donors (Lipinski definition) is 2. The predicted octanol–water partition coefficient (Wildman–Crippen LogP) is 0.532. The standard InChI is InChI=1S/C15H21N3O3/c16-17-15(19)11-2-1-3-12(8-11)20-7-6-18-9-13-4-5-14(10-18)21-13/h1-3,8,13-14H,4-7,9-10,16H2,(H,17,19). The molecule has 2 aliphatic rings. The lowest BCUT2D eigenvalue weighted by atomic mass is 10.2. The SMILES string of the molecule is NNC(=O)c1cccc(OCCN2CC3CCC(C2)O3)c1. The van der Waals surface area contributed by atoms with Crippen LogP contribution in [0, 0.1) is 0 Å². The first-order valence-corrected chi connectivity index (χ1v) is 7.36. The molecule has 3 rings (SSSR count). The van der Waals surface area contributed by atoms with Gasteiger partial charge in [-0.15, -0.1) is 0 Å². The Labute approximate surface area is 124 Å². The first-order chi connectivity index (χ1) is 10.2. The second kappa shape index (κ2) is 6.43. The molecule has 1 amide bonds. The van der Waals surface area contributed by atoms with Crippen LogP contribution in [0.1, 0.15) is 23.2 Å². The number of nitrogen functional groups attached to an aromatic ring is 1. The van der Waals surface area contributed by atoms with Crippen molar-refractivity contribution < 1.29 is 14.3 Å². The van der Waals surface area contributed by atoms with Gasteiger partial charge in [0.2, 0.25) is 0 Å². The highest BCUT2D eigenvalue weighted by Crippen LogP contribution is 2.25. The summed E-state index contributed by atoms with van der Waals surface area (Å²) in [5, 5.41) is 0. The number of amides is 1. The molecular formula is C15H21N3O3. The van der Waals surface area contributed by atoms with Crippen molar-refractivity contribution in [3.8, 4) is 5.75 Å². The molecule has 2 heterocycles. The van der Waals surface area contributed by atoms with Gasteiger partial charge in [-0.1, -0.05) is 6.07 Å². The average molecular weight is 291 g/mol. The molecule has 1 aromatic carbocycles. The molecule has 114 valence electrons. The maximum absolute atomic E-state index is 11.5. The van der Waals surface area contributed by atoms with E-state index in [-0.39, 0.29) is 5.91 Å². The van der Waals surface area contributed by atoms with Crippen molar-refractivity contribution in [3.05, 3.63) is 29.8 Å². The molecular weight excluding hydrogens is 270 g/mol. The van der Waals surface area contributed by atoms with Crippen molar-refractivity contribution in [1.29, 1.82) is 0 Å². The molecule has 0 radical (unpaired) electrons. The maximum Gasteiger partial charge on any atom is 0.265 e. The predicted molar refractivity (Wildman–Crippen MR) is 77.9 cm³/mol. The van der Waals surface area contributed by atoms with Crippen LogP contribution in [-0.2, 0) is 4.74 Å². The second-order valence-corrected chi connectivity index (χ2v) is 5.57. The number of likely N-dealkylation sites (tertiary alicyclic amines) is 1. The van der Waals surface area contributed by atoms with E-state index in [2.05, 4.69) is 10.3 Å². The molecule has 0 spiro atoms. The van der Waals surface area contributed by atoms with Crippen molar-refractivity contribution in [3.63, 3.8) is 0 Å². The van der Waals surface area contributed by atoms with Gasteiger partial charge in [0, 0.05) is 25.2 Å². The molecule has 2 fully saturated rings. The summed E-state index contributed by atoms with van der Waals surface area (Å²) >= 11 is 0. The summed E-state index contributed by atoms with van der Waals surface area (Å²) in [6, 6.07) is 7.03. The molecule has 2 bridgehead atoms. The Morgan fingerprint density at radius 3 is 2.86 bits per heavy atom. The summed E-state index contributed by atoms with van der Waals surface area (Å²) in [5.74, 6) is 5.50. The molecule has 21 heavy (non-hydrogen) atoms. The Kier molecular flexibility index (Phi) is 4.38. The van der Waals surface area contributed by atoms with Crippen LogP contribution in [-0.4, -0.2) is 49.3 Å². The van der Waals surface area contributed by atoms with Crippen molar-refractivity contribution in [1.82, 2.24) is 10.3 Å². The van der Waals surface area contributed by atoms with E-state index in [4.69, 9.17) is 15.3 Å². The number of nitrogens with zero attached hydrogens (tertiary/aromatic N) is 1. The summed E-state index contributed by atoms with van der Waals surface area (Å²) in [6.45, 7) is 3.47. The Bertz CT molecular complexity index is 497. The van der Waals surface area contributed by atoms with E-state index in [0.717, 1.165) is 19.6 Å². The number of nitrogens with two attached hydrogens (primary N) is 1. The zero-order chi connectivity index (χ0) is 14.7. The third-order valence-electron chi connectivity index (χ3n) is 4.02. The van der Waals surface area contributed by atoms with E-state index in [1.165, 1.54) is 12.8 Å². The van der Waals surface area contributed by atoms with Crippen LogP contribution in [0.25, 0.3) is 0 Å². The Morgan fingerprint density at radius 1 is 1.38 bits per heavy atom. The monoisotopic (exact) mass is 291 g/mol. The normalized spacial score (nSPS) is 24.8. The van der Waals surface area contributed by atoms with Crippen LogP contribution in [0.4, 0.5) is 0 Å². The lowest BCUT2D eigenvalue weighted by Gasteiger charge is -2.31. The molecule has 6 heteroatoms. The van der Waals surface area contributed by atoms with Crippen molar-refractivity contribution in [2.75, 3.05) is 26.2 Å². The number of benzene rings is 1. The van der Waals surface area contributed by atoms with Crippen LogP contribution < -0.4 is 16.0 Å². The number of carbonyl (C=O) groups excluding carboxylic acids is 1. The molecule has 2 aliphatic heterocycles. The highest BCUT2D eigenvalue weighted by Gasteiger charge is 2.33. The fourth-order valence-corrected chi connectivity index (χ4v) is 2.98. The van der Waals surface area contributed by atoms with E-state index < -0.39 is 0 Å². The molecule has 2 unspecified atom stereocenters. The van der Waals surface area contributed by atoms with Gasteiger partial charge in [0.1, 0.15) is 12.4 Å². The Balaban J connectivity index is 1.48. The smallest absolute Gasteiger partial charge is 0.265 e. The van der Waals surface area contributed by atoms with E-state index >= 15 is 0 Å². The minimum absolute atomic E-state index is 0.315. The van der Waals surface area contributed by atoms with Gasteiger partial charge in [0.25, 0.3) is 5.91 Å². The van der Waals surface area contributed by atoms with Gasteiger partial charge in [-0.05, 0) is 31.0 Å². The lowest BCUT2D eigenvalue weighted by molar-refractivity contribution is -0.0408. The zero-order valence-electron chi connectivity index (χ0n) is 12.0. The first kappa shape index (κ1) is 14.3. The largest absolute Gasteiger partial charge is 0.492 e. The average Bonchev–Trinajstić information content (AvgIpc) is 2.85. The Morgan fingerprint density at radius 2 is 2.14 bits per heavy atom. The third-order valence-corrected chi connectivity index (χ3v) is 4.02. The minimum Gasteiger partial charge on any atom is -0.492 e. The molecule has 2 atom stereocenters. The summed E-state index contributed by atoms with van der Waals surface area (Å²) in [6.07, 6.45) is 3.16. The van der Waals surface area contributed by atoms with Crippen LogP contribution in [0.15, 0.2) is 24.3 Å². The van der Waals surface area contributed by atoms with Crippen LogP contribution >= 0.6 is 0 Å². The number of fused-ring (bicyclic) bond motifs is 2. The molecule has 0 aliphatic carbocycles. The van der Waals surface area contributed by atoms with Gasteiger partial charge >= 0.3 is 0 Å². The summed E-state index contributed by atoms with van der Waals surface area (Å²) in [7, 11) is 0.